The Morgan fingerprint density at radius 2 is 1.89 bits per heavy atom. The normalized spacial score (nSPS) is 19.6. The molecule has 1 heterocycles. The van der Waals surface area contributed by atoms with Gasteiger partial charge in [0.25, 0.3) is 10.0 Å². The maximum absolute atomic E-state index is 12.3. The SMILES string of the molecule is N#CC1(NS(=O)(=O)c2ccc(Cl)s2)CCCCCC1. The highest BCUT2D eigenvalue weighted by Crippen LogP contribution is 2.31. The topological polar surface area (TPSA) is 70.0 Å². The van der Waals surface area contributed by atoms with Crippen LogP contribution in [0.2, 0.25) is 4.34 Å². The molecule has 0 spiro atoms. The van der Waals surface area contributed by atoms with E-state index < -0.39 is 15.6 Å². The molecule has 1 aromatic rings. The van der Waals surface area contributed by atoms with Gasteiger partial charge in [0.05, 0.1) is 10.4 Å². The van der Waals surface area contributed by atoms with Gasteiger partial charge in [-0.1, -0.05) is 37.3 Å². The Labute approximate surface area is 122 Å². The lowest BCUT2D eigenvalue weighted by atomic mass is 9.94. The highest BCUT2D eigenvalue weighted by Gasteiger charge is 2.36. The minimum absolute atomic E-state index is 0.163. The van der Waals surface area contributed by atoms with Gasteiger partial charge in [0, 0.05) is 0 Å². The molecule has 1 aromatic heterocycles. The average Bonchev–Trinajstić information content (AvgIpc) is 2.68. The molecule has 0 saturated heterocycles. The molecule has 0 amide bonds. The summed E-state index contributed by atoms with van der Waals surface area (Å²) < 4.78 is 27.7. The standard InChI is InChI=1S/C12H15ClN2O2S2/c13-10-5-6-11(18-10)19(16,17)15-12(9-14)7-3-1-2-4-8-12/h5-6,15H,1-4,7-8H2. The Kier molecular flexibility index (Phi) is 4.51. The number of hydrogen-bond acceptors (Lipinski definition) is 4. The number of nitrogens with one attached hydrogen (secondary N) is 1. The molecular weight excluding hydrogens is 304 g/mol. The number of rotatable bonds is 3. The van der Waals surface area contributed by atoms with Gasteiger partial charge in [0.1, 0.15) is 9.75 Å². The van der Waals surface area contributed by atoms with Crippen LogP contribution >= 0.6 is 22.9 Å². The summed E-state index contributed by atoms with van der Waals surface area (Å²) in [5.74, 6) is 0. The van der Waals surface area contributed by atoms with E-state index in [2.05, 4.69) is 10.8 Å². The second kappa shape index (κ2) is 5.80. The number of halogens is 1. The van der Waals surface area contributed by atoms with Gasteiger partial charge in [0.15, 0.2) is 0 Å². The predicted octanol–water partition coefficient (Wildman–Crippen LogP) is 3.30. The van der Waals surface area contributed by atoms with Crippen molar-refractivity contribution in [3.63, 3.8) is 0 Å². The van der Waals surface area contributed by atoms with Crippen LogP contribution in [0.15, 0.2) is 16.3 Å². The van der Waals surface area contributed by atoms with Crippen molar-refractivity contribution in [1.29, 1.82) is 5.26 Å². The van der Waals surface area contributed by atoms with Crippen LogP contribution in [-0.2, 0) is 10.0 Å². The summed E-state index contributed by atoms with van der Waals surface area (Å²) >= 11 is 6.77. The molecule has 2 rings (SSSR count). The van der Waals surface area contributed by atoms with Crippen molar-refractivity contribution < 1.29 is 8.42 Å². The van der Waals surface area contributed by atoms with Gasteiger partial charge in [-0.15, -0.1) is 11.3 Å². The fourth-order valence-corrected chi connectivity index (χ4v) is 5.18. The molecule has 0 aliphatic heterocycles. The van der Waals surface area contributed by atoms with E-state index >= 15 is 0 Å². The third kappa shape index (κ3) is 3.48. The molecule has 0 unspecified atom stereocenters. The lowest BCUT2D eigenvalue weighted by Gasteiger charge is -2.25. The minimum atomic E-state index is -3.66. The first-order chi connectivity index (χ1) is 8.97. The van der Waals surface area contributed by atoms with Gasteiger partial charge < -0.3 is 0 Å². The Hall–Kier alpha value is -0.610. The molecule has 19 heavy (non-hydrogen) atoms. The van der Waals surface area contributed by atoms with Crippen molar-refractivity contribution in [1.82, 2.24) is 4.72 Å². The monoisotopic (exact) mass is 318 g/mol. The molecule has 0 aromatic carbocycles. The molecule has 0 atom stereocenters. The van der Waals surface area contributed by atoms with Gasteiger partial charge in [-0.2, -0.15) is 9.98 Å². The maximum Gasteiger partial charge on any atom is 0.251 e. The second-order valence-corrected chi connectivity index (χ2v) is 8.40. The smallest absolute Gasteiger partial charge is 0.206 e. The van der Waals surface area contributed by atoms with Crippen LogP contribution in [0.1, 0.15) is 38.5 Å². The number of nitrogens with zero attached hydrogens (tertiary/aromatic N) is 1. The maximum atomic E-state index is 12.3. The quantitative estimate of drug-likeness (QED) is 0.869. The Morgan fingerprint density at radius 1 is 1.26 bits per heavy atom. The van der Waals surface area contributed by atoms with Crippen molar-refractivity contribution in [3.8, 4) is 6.07 Å². The highest BCUT2D eigenvalue weighted by molar-refractivity contribution is 7.91. The van der Waals surface area contributed by atoms with E-state index in [-0.39, 0.29) is 4.21 Å². The van der Waals surface area contributed by atoms with Crippen LogP contribution in [0.3, 0.4) is 0 Å². The van der Waals surface area contributed by atoms with Crippen LogP contribution in [0.5, 0.6) is 0 Å². The van der Waals surface area contributed by atoms with E-state index in [1.165, 1.54) is 6.07 Å². The Morgan fingerprint density at radius 3 is 2.37 bits per heavy atom. The molecule has 1 fully saturated rings. The number of hydrogen-bond donors (Lipinski definition) is 1. The first-order valence-corrected chi connectivity index (χ1v) is 8.86. The van der Waals surface area contributed by atoms with Crippen molar-refractivity contribution in [3.05, 3.63) is 16.5 Å². The van der Waals surface area contributed by atoms with Gasteiger partial charge in [-0.3, -0.25) is 0 Å². The first-order valence-electron chi connectivity index (χ1n) is 6.18. The van der Waals surface area contributed by atoms with Crippen molar-refractivity contribution in [2.75, 3.05) is 0 Å². The van der Waals surface area contributed by atoms with E-state index in [0.717, 1.165) is 37.0 Å². The number of sulfonamides is 1. The molecule has 4 nitrogen and oxygen atoms in total. The zero-order valence-electron chi connectivity index (χ0n) is 10.4. The molecule has 7 heteroatoms. The van der Waals surface area contributed by atoms with Crippen LogP contribution in [0, 0.1) is 11.3 Å². The van der Waals surface area contributed by atoms with Crippen LogP contribution in [0.4, 0.5) is 0 Å². The molecule has 1 aliphatic rings. The molecular formula is C12H15ClN2O2S2. The number of nitriles is 1. The van der Waals surface area contributed by atoms with Crippen molar-refractivity contribution >= 4 is 33.0 Å². The number of thiophene rings is 1. The van der Waals surface area contributed by atoms with E-state index in [1.54, 1.807) is 6.07 Å². The van der Waals surface area contributed by atoms with Crippen LogP contribution in [-0.4, -0.2) is 14.0 Å². The van der Waals surface area contributed by atoms with Gasteiger partial charge in [-0.25, -0.2) is 8.42 Å². The van der Waals surface area contributed by atoms with Gasteiger partial charge >= 0.3 is 0 Å². The summed E-state index contributed by atoms with van der Waals surface area (Å²) in [6, 6.07) is 5.19. The van der Waals surface area contributed by atoms with Gasteiger partial charge in [0.2, 0.25) is 0 Å². The minimum Gasteiger partial charge on any atom is -0.206 e. The molecule has 0 bridgehead atoms. The first kappa shape index (κ1) is 14.8. The van der Waals surface area contributed by atoms with E-state index in [1.807, 2.05) is 0 Å². The third-order valence-corrected chi connectivity index (χ3v) is 6.57. The summed E-state index contributed by atoms with van der Waals surface area (Å²) in [5, 5.41) is 9.38. The molecule has 1 aliphatic carbocycles. The van der Waals surface area contributed by atoms with E-state index in [4.69, 9.17) is 11.6 Å². The highest BCUT2D eigenvalue weighted by atomic mass is 35.5. The van der Waals surface area contributed by atoms with Gasteiger partial charge in [-0.05, 0) is 25.0 Å². The molecule has 1 N–H and O–H groups in total. The molecule has 104 valence electrons. The fraction of sp³-hybridized carbons (Fsp3) is 0.583. The zero-order chi connectivity index (χ0) is 13.9. The summed E-state index contributed by atoms with van der Waals surface area (Å²) in [5.41, 5.74) is -0.966. The van der Waals surface area contributed by atoms with E-state index in [9.17, 15) is 13.7 Å². The molecule has 0 radical (unpaired) electrons. The summed E-state index contributed by atoms with van der Waals surface area (Å²) in [6.07, 6.45) is 5.00. The lowest BCUT2D eigenvalue weighted by Crippen LogP contribution is -2.46. The Balaban J connectivity index is 2.24. The predicted molar refractivity (Wildman–Crippen MR) is 75.7 cm³/mol. The second-order valence-electron chi connectivity index (χ2n) is 4.77. The van der Waals surface area contributed by atoms with Crippen molar-refractivity contribution in [2.24, 2.45) is 0 Å². The third-order valence-electron chi connectivity index (χ3n) is 3.31. The Bertz CT molecular complexity index is 581. The average molecular weight is 319 g/mol. The lowest BCUT2D eigenvalue weighted by molar-refractivity contribution is 0.422. The van der Waals surface area contributed by atoms with Crippen LogP contribution < -0.4 is 4.72 Å². The molecule has 1 saturated carbocycles. The summed E-state index contributed by atoms with van der Waals surface area (Å²) in [6.45, 7) is 0. The van der Waals surface area contributed by atoms with Crippen molar-refractivity contribution in [2.45, 2.75) is 48.3 Å². The summed E-state index contributed by atoms with van der Waals surface area (Å²) in [4.78, 5) is 0. The van der Waals surface area contributed by atoms with E-state index in [0.29, 0.717) is 17.2 Å². The summed E-state index contributed by atoms with van der Waals surface area (Å²) in [7, 11) is -3.66. The zero-order valence-corrected chi connectivity index (χ0v) is 12.7. The van der Waals surface area contributed by atoms with Crippen LogP contribution in [0.25, 0.3) is 0 Å². The largest absolute Gasteiger partial charge is 0.251 e. The fourth-order valence-electron chi connectivity index (χ4n) is 2.32.